The van der Waals surface area contributed by atoms with E-state index in [0.29, 0.717) is 18.5 Å². The van der Waals surface area contributed by atoms with Gasteiger partial charge in [0.25, 0.3) is 10.1 Å². The first-order valence-corrected chi connectivity index (χ1v) is 10.3. The van der Waals surface area contributed by atoms with Crippen LogP contribution < -0.4 is 0 Å². The second kappa shape index (κ2) is 6.73. The molecule has 0 saturated carbocycles. The van der Waals surface area contributed by atoms with Crippen molar-refractivity contribution in [1.29, 1.82) is 0 Å². The highest BCUT2D eigenvalue weighted by Crippen LogP contribution is 2.44. The third kappa shape index (κ3) is 3.26. The molecular formula is C20H24NO5S+. The maximum atomic E-state index is 11.8. The molecule has 0 amide bonds. The molecule has 0 spiro atoms. The van der Waals surface area contributed by atoms with E-state index in [1.54, 1.807) is 19.1 Å². The molecule has 1 heterocycles. The lowest BCUT2D eigenvalue weighted by Crippen LogP contribution is -2.27. The maximum absolute atomic E-state index is 11.8. The Morgan fingerprint density at radius 2 is 1.89 bits per heavy atom. The minimum atomic E-state index is -4.32. The van der Waals surface area contributed by atoms with Crippen molar-refractivity contribution < 1.29 is 27.1 Å². The summed E-state index contributed by atoms with van der Waals surface area (Å²) in [6, 6.07) is 8.48. The number of carbonyl (C=O) groups is 1. The fourth-order valence-electron chi connectivity index (χ4n) is 3.85. The van der Waals surface area contributed by atoms with E-state index < -0.39 is 10.1 Å². The van der Waals surface area contributed by atoms with Crippen LogP contribution >= 0.6 is 0 Å². The summed E-state index contributed by atoms with van der Waals surface area (Å²) >= 11 is 0. The highest BCUT2D eigenvalue weighted by atomic mass is 32.2. The van der Waals surface area contributed by atoms with Gasteiger partial charge in [0, 0.05) is 23.9 Å². The van der Waals surface area contributed by atoms with Crippen LogP contribution in [-0.4, -0.2) is 42.4 Å². The number of fused-ring (bicyclic) bond motifs is 3. The molecule has 2 aromatic rings. The van der Waals surface area contributed by atoms with Crippen LogP contribution in [0, 0.1) is 0 Å². The summed E-state index contributed by atoms with van der Waals surface area (Å²) in [5.41, 5.74) is 2.67. The Bertz CT molecular complexity index is 1070. The van der Waals surface area contributed by atoms with Gasteiger partial charge in [0.15, 0.2) is 12.3 Å². The lowest BCUT2D eigenvalue weighted by molar-refractivity contribution is -0.438. The minimum absolute atomic E-state index is 0.0961. The van der Waals surface area contributed by atoms with E-state index in [4.69, 9.17) is 4.74 Å². The third-order valence-electron chi connectivity index (χ3n) is 5.35. The van der Waals surface area contributed by atoms with Crippen LogP contribution in [0.2, 0.25) is 0 Å². The van der Waals surface area contributed by atoms with Crippen molar-refractivity contribution in [1.82, 2.24) is 0 Å². The number of rotatable bonds is 5. The lowest BCUT2D eigenvalue weighted by atomic mass is 9.80. The minimum Gasteiger partial charge on any atom is -0.466 e. The molecule has 0 radical (unpaired) electrons. The number of hydrogen-bond acceptors (Lipinski definition) is 4. The number of benzene rings is 2. The van der Waals surface area contributed by atoms with Gasteiger partial charge in [-0.2, -0.15) is 13.0 Å². The van der Waals surface area contributed by atoms with Gasteiger partial charge < -0.3 is 4.74 Å². The first kappa shape index (κ1) is 19.5. The summed E-state index contributed by atoms with van der Waals surface area (Å²) in [5.74, 6) is -0.244. The molecule has 144 valence electrons. The summed E-state index contributed by atoms with van der Waals surface area (Å²) in [7, 11) is -4.32. The average molecular weight is 390 g/mol. The van der Waals surface area contributed by atoms with Gasteiger partial charge in [-0.25, -0.2) is 0 Å². The Kier molecular flexibility index (Phi) is 4.86. The number of carbonyl (C=O) groups excluding carboxylic acids is 1. The van der Waals surface area contributed by atoms with Gasteiger partial charge in [-0.1, -0.05) is 12.1 Å². The van der Waals surface area contributed by atoms with Crippen LogP contribution in [0.25, 0.3) is 10.8 Å². The first-order chi connectivity index (χ1) is 12.6. The van der Waals surface area contributed by atoms with Crippen LogP contribution in [0.3, 0.4) is 0 Å². The largest absolute Gasteiger partial charge is 0.466 e. The summed E-state index contributed by atoms with van der Waals surface area (Å²) in [6.07, 6.45) is 0.268. The molecule has 27 heavy (non-hydrogen) atoms. The van der Waals surface area contributed by atoms with E-state index in [-0.39, 0.29) is 22.7 Å². The quantitative estimate of drug-likeness (QED) is 0.480. The molecule has 1 aliphatic rings. The number of esters is 1. The van der Waals surface area contributed by atoms with Crippen molar-refractivity contribution in [3.8, 4) is 0 Å². The van der Waals surface area contributed by atoms with Crippen molar-refractivity contribution in [2.75, 3.05) is 13.2 Å². The van der Waals surface area contributed by atoms with Crippen molar-refractivity contribution in [3.05, 3.63) is 35.9 Å². The number of hydrogen-bond donors (Lipinski definition) is 1. The van der Waals surface area contributed by atoms with Gasteiger partial charge in [-0.3, -0.25) is 9.35 Å². The Labute approximate surface area is 159 Å². The van der Waals surface area contributed by atoms with Crippen molar-refractivity contribution in [3.63, 3.8) is 0 Å². The first-order valence-electron chi connectivity index (χ1n) is 8.90. The van der Waals surface area contributed by atoms with Gasteiger partial charge in [-0.15, -0.1) is 0 Å². The fraction of sp³-hybridized carbons (Fsp3) is 0.400. The molecule has 0 saturated heterocycles. The van der Waals surface area contributed by atoms with Crippen LogP contribution in [0.15, 0.2) is 35.2 Å². The van der Waals surface area contributed by atoms with Crippen molar-refractivity contribution in [2.45, 2.75) is 44.4 Å². The molecule has 7 heteroatoms. The average Bonchev–Trinajstić information content (AvgIpc) is 2.78. The molecule has 1 N–H and O–H groups in total. The molecular weight excluding hydrogens is 366 g/mol. The zero-order chi connectivity index (χ0) is 20.0. The van der Waals surface area contributed by atoms with Gasteiger partial charge in [0.2, 0.25) is 5.69 Å². The topological polar surface area (TPSA) is 83.7 Å². The third-order valence-corrected chi connectivity index (χ3v) is 6.26. The summed E-state index contributed by atoms with van der Waals surface area (Å²) in [5, 5.41) is 1.28. The summed E-state index contributed by atoms with van der Waals surface area (Å²) in [6.45, 7) is 8.79. The Hall–Kier alpha value is -2.25. The van der Waals surface area contributed by atoms with Crippen LogP contribution in [-0.2, 0) is 25.1 Å². The van der Waals surface area contributed by atoms with Gasteiger partial charge in [-0.05, 0) is 38.3 Å². The molecule has 0 atom stereocenters. The predicted molar refractivity (Wildman–Crippen MR) is 104 cm³/mol. The van der Waals surface area contributed by atoms with E-state index in [1.165, 1.54) is 6.07 Å². The second-order valence-electron chi connectivity index (χ2n) is 7.20. The van der Waals surface area contributed by atoms with Crippen molar-refractivity contribution >= 4 is 38.3 Å². The van der Waals surface area contributed by atoms with Crippen molar-refractivity contribution in [2.24, 2.45) is 0 Å². The Morgan fingerprint density at radius 3 is 2.52 bits per heavy atom. The molecule has 3 rings (SSSR count). The standard InChI is InChI=1S/C20H23NO5S/c1-5-26-18(22)11-12-21-13(2)20(3,4)19-15-7-6-8-17(27(23,24)25)14(15)9-10-16(19)21/h6-10H,5,11-12H2,1-4H3/p+1. The molecule has 2 aromatic carbocycles. The zero-order valence-electron chi connectivity index (χ0n) is 15.9. The van der Waals surface area contributed by atoms with E-state index >= 15 is 0 Å². The molecule has 1 aliphatic heterocycles. The molecule has 6 nitrogen and oxygen atoms in total. The fourth-order valence-corrected chi connectivity index (χ4v) is 4.55. The van der Waals surface area contributed by atoms with Gasteiger partial charge in [0.05, 0.1) is 12.0 Å². The summed E-state index contributed by atoms with van der Waals surface area (Å²) in [4.78, 5) is 11.7. The van der Waals surface area contributed by atoms with Crippen LogP contribution in [0.5, 0.6) is 0 Å². The molecule has 0 fully saturated rings. The second-order valence-corrected chi connectivity index (χ2v) is 8.59. The van der Waals surface area contributed by atoms with E-state index in [9.17, 15) is 17.8 Å². The SMILES string of the molecule is CCOC(=O)CC[N+]1=C(C)C(C)(C)c2c1ccc1c(S(=O)(=O)O)cccc21. The Balaban J connectivity index is 2.16. The zero-order valence-corrected chi connectivity index (χ0v) is 16.8. The smallest absolute Gasteiger partial charge is 0.312 e. The van der Waals surface area contributed by atoms with Gasteiger partial charge >= 0.3 is 5.97 Å². The Morgan fingerprint density at radius 1 is 1.19 bits per heavy atom. The normalized spacial score (nSPS) is 15.9. The molecule has 0 aromatic heterocycles. The van der Waals surface area contributed by atoms with Crippen LogP contribution in [0.4, 0.5) is 5.69 Å². The number of ether oxygens (including phenoxy) is 1. The van der Waals surface area contributed by atoms with Crippen LogP contribution in [0.1, 0.15) is 39.7 Å². The molecule has 0 aliphatic carbocycles. The molecule has 0 bridgehead atoms. The van der Waals surface area contributed by atoms with E-state index in [1.807, 2.05) is 19.1 Å². The maximum Gasteiger partial charge on any atom is 0.312 e. The monoisotopic (exact) mass is 390 g/mol. The predicted octanol–water partition coefficient (Wildman–Crippen LogP) is 3.44. The highest BCUT2D eigenvalue weighted by Gasteiger charge is 2.44. The molecule has 0 unspecified atom stereocenters. The van der Waals surface area contributed by atoms with Gasteiger partial charge in [0.1, 0.15) is 11.3 Å². The summed E-state index contributed by atoms with van der Waals surface area (Å²) < 4.78 is 40.2. The van der Waals surface area contributed by atoms with E-state index in [0.717, 1.165) is 22.3 Å². The van der Waals surface area contributed by atoms with E-state index in [2.05, 4.69) is 18.4 Å². The lowest BCUT2D eigenvalue weighted by Gasteiger charge is -2.17. The number of nitrogens with zero attached hydrogens (tertiary/aromatic N) is 1. The highest BCUT2D eigenvalue weighted by molar-refractivity contribution is 7.86.